The molecule has 0 radical (unpaired) electrons. The molecule has 0 saturated heterocycles. The normalized spacial score (nSPS) is 11.8. The zero-order valence-electron chi connectivity index (χ0n) is 11.3. The number of hydrogen-bond acceptors (Lipinski definition) is 4. The van der Waals surface area contributed by atoms with E-state index in [9.17, 15) is 13.2 Å². The molecule has 1 aromatic carbocycles. The van der Waals surface area contributed by atoms with Gasteiger partial charge in [0.1, 0.15) is 0 Å². The lowest BCUT2D eigenvalue weighted by Crippen LogP contribution is -2.39. The van der Waals surface area contributed by atoms with Crippen LogP contribution in [0.5, 0.6) is 0 Å². The maximum atomic E-state index is 11.9. The minimum absolute atomic E-state index is 0.192. The van der Waals surface area contributed by atoms with Crippen molar-refractivity contribution in [2.75, 3.05) is 6.54 Å². The average molecular weight is 296 g/mol. The fourth-order valence-corrected chi connectivity index (χ4v) is 2.67. The van der Waals surface area contributed by atoms with Crippen molar-refractivity contribution in [2.45, 2.75) is 19.6 Å². The van der Waals surface area contributed by atoms with Crippen molar-refractivity contribution >= 4 is 16.0 Å². The third-order valence-corrected chi connectivity index (χ3v) is 4.02. The number of carboxylic acid groups (broad SMARTS) is 1. The number of hydrogen-bond donors (Lipinski definition) is 2. The van der Waals surface area contributed by atoms with Crippen LogP contribution in [-0.2, 0) is 20.6 Å². The second-order valence-electron chi connectivity index (χ2n) is 5.08. The summed E-state index contributed by atoms with van der Waals surface area (Å²) in [5.74, 6) is -1.37. The van der Waals surface area contributed by atoms with E-state index in [1.165, 1.54) is 19.9 Å². The number of nitrogens with one attached hydrogen (secondary N) is 1. The number of benzene rings is 1. The van der Waals surface area contributed by atoms with Crippen molar-refractivity contribution in [1.82, 2.24) is 4.72 Å². The molecule has 0 heterocycles. The molecule has 0 fully saturated rings. The second-order valence-corrected chi connectivity index (χ2v) is 6.89. The number of carboxylic acids is 1. The molecule has 0 bridgehead atoms. The summed E-state index contributed by atoms with van der Waals surface area (Å²) in [4.78, 5) is 10.9. The van der Waals surface area contributed by atoms with E-state index in [0.717, 1.165) is 0 Å². The third kappa shape index (κ3) is 4.64. The van der Waals surface area contributed by atoms with Crippen LogP contribution >= 0.6 is 0 Å². The quantitative estimate of drug-likeness (QED) is 0.817. The molecule has 7 heteroatoms. The Hall–Kier alpha value is -1.91. The highest BCUT2D eigenvalue weighted by molar-refractivity contribution is 7.88. The SMILES string of the molecule is CC(C)(CNS(=O)(=O)Cc1cccc(C#N)c1)C(=O)O. The second kappa shape index (κ2) is 6.03. The van der Waals surface area contributed by atoms with E-state index < -0.39 is 21.4 Å². The predicted octanol–water partition coefficient (Wildman–Crippen LogP) is 1.09. The van der Waals surface area contributed by atoms with Crippen LogP contribution in [0.1, 0.15) is 25.0 Å². The van der Waals surface area contributed by atoms with Gasteiger partial charge in [-0.2, -0.15) is 5.26 Å². The lowest BCUT2D eigenvalue weighted by Gasteiger charge is -2.19. The molecule has 0 aliphatic rings. The number of sulfonamides is 1. The number of aliphatic carboxylic acids is 1. The molecule has 1 rings (SSSR count). The van der Waals surface area contributed by atoms with Gasteiger partial charge in [0.15, 0.2) is 0 Å². The molecule has 0 aliphatic carbocycles. The molecule has 2 N–H and O–H groups in total. The van der Waals surface area contributed by atoms with E-state index in [2.05, 4.69) is 4.72 Å². The highest BCUT2D eigenvalue weighted by atomic mass is 32.2. The van der Waals surface area contributed by atoms with Crippen molar-refractivity contribution in [1.29, 1.82) is 5.26 Å². The Balaban J connectivity index is 2.76. The summed E-state index contributed by atoms with van der Waals surface area (Å²) in [7, 11) is -3.65. The lowest BCUT2D eigenvalue weighted by molar-refractivity contribution is -0.146. The molecule has 0 aliphatic heterocycles. The van der Waals surface area contributed by atoms with Gasteiger partial charge in [0.25, 0.3) is 0 Å². The molecule has 0 saturated carbocycles. The lowest BCUT2D eigenvalue weighted by atomic mass is 9.95. The maximum Gasteiger partial charge on any atom is 0.310 e. The van der Waals surface area contributed by atoms with Crippen LogP contribution in [0.2, 0.25) is 0 Å². The van der Waals surface area contributed by atoms with Crippen LogP contribution < -0.4 is 4.72 Å². The van der Waals surface area contributed by atoms with E-state index in [1.807, 2.05) is 6.07 Å². The molecule has 20 heavy (non-hydrogen) atoms. The smallest absolute Gasteiger partial charge is 0.310 e. The first-order valence-electron chi connectivity index (χ1n) is 5.86. The number of nitrogens with zero attached hydrogens (tertiary/aromatic N) is 1. The summed E-state index contributed by atoms with van der Waals surface area (Å²) >= 11 is 0. The maximum absolute atomic E-state index is 11.9. The van der Waals surface area contributed by atoms with Gasteiger partial charge in [-0.3, -0.25) is 4.79 Å². The molecule has 0 unspecified atom stereocenters. The zero-order valence-corrected chi connectivity index (χ0v) is 12.1. The van der Waals surface area contributed by atoms with E-state index >= 15 is 0 Å². The van der Waals surface area contributed by atoms with Gasteiger partial charge < -0.3 is 5.11 Å². The van der Waals surface area contributed by atoms with Gasteiger partial charge in [0, 0.05) is 6.54 Å². The molecule has 1 aromatic rings. The minimum atomic E-state index is -3.65. The van der Waals surface area contributed by atoms with Crippen LogP contribution in [-0.4, -0.2) is 26.0 Å². The Bertz CT molecular complexity index is 645. The van der Waals surface area contributed by atoms with E-state index in [1.54, 1.807) is 18.2 Å². The fourth-order valence-electron chi connectivity index (χ4n) is 1.37. The van der Waals surface area contributed by atoms with Gasteiger partial charge in [-0.05, 0) is 31.5 Å². The zero-order chi connectivity index (χ0) is 15.4. The van der Waals surface area contributed by atoms with Crippen molar-refractivity contribution in [3.8, 4) is 6.07 Å². The van der Waals surface area contributed by atoms with Crippen LogP contribution in [0.3, 0.4) is 0 Å². The summed E-state index contributed by atoms with van der Waals surface area (Å²) < 4.78 is 26.0. The highest BCUT2D eigenvalue weighted by Gasteiger charge is 2.28. The Morgan fingerprint density at radius 2 is 2.10 bits per heavy atom. The monoisotopic (exact) mass is 296 g/mol. The molecule has 0 aromatic heterocycles. The Morgan fingerprint density at radius 3 is 2.65 bits per heavy atom. The van der Waals surface area contributed by atoms with Crippen molar-refractivity contribution in [3.63, 3.8) is 0 Å². The first kappa shape index (κ1) is 16.1. The molecule has 0 spiro atoms. The summed E-state index contributed by atoms with van der Waals surface area (Å²) in [6.07, 6.45) is 0. The Morgan fingerprint density at radius 1 is 1.45 bits per heavy atom. The van der Waals surface area contributed by atoms with Gasteiger partial charge in [-0.25, -0.2) is 13.1 Å². The van der Waals surface area contributed by atoms with Crippen molar-refractivity contribution in [2.24, 2.45) is 5.41 Å². The first-order chi connectivity index (χ1) is 9.16. The molecule has 6 nitrogen and oxygen atoms in total. The average Bonchev–Trinajstić information content (AvgIpc) is 2.36. The van der Waals surface area contributed by atoms with Crippen molar-refractivity contribution in [3.05, 3.63) is 35.4 Å². The molecule has 0 amide bonds. The standard InChI is InChI=1S/C13H16N2O4S/c1-13(2,12(16)17)9-15-20(18,19)8-11-5-3-4-10(6-11)7-14/h3-6,15H,8-9H2,1-2H3,(H,16,17). The van der Waals surface area contributed by atoms with Gasteiger partial charge in [-0.15, -0.1) is 0 Å². The van der Waals surface area contributed by atoms with Gasteiger partial charge >= 0.3 is 5.97 Å². The van der Waals surface area contributed by atoms with Crippen LogP contribution in [0, 0.1) is 16.7 Å². The molecule has 0 atom stereocenters. The van der Waals surface area contributed by atoms with E-state index in [-0.39, 0.29) is 12.3 Å². The van der Waals surface area contributed by atoms with Crippen LogP contribution in [0.15, 0.2) is 24.3 Å². The third-order valence-electron chi connectivity index (χ3n) is 2.73. The summed E-state index contributed by atoms with van der Waals surface area (Å²) in [6.45, 7) is 2.69. The van der Waals surface area contributed by atoms with Gasteiger partial charge in [0.2, 0.25) is 10.0 Å². The van der Waals surface area contributed by atoms with Crippen molar-refractivity contribution < 1.29 is 18.3 Å². The van der Waals surface area contributed by atoms with Crippen LogP contribution in [0.25, 0.3) is 0 Å². The van der Waals surface area contributed by atoms with E-state index in [4.69, 9.17) is 10.4 Å². The molecule has 108 valence electrons. The minimum Gasteiger partial charge on any atom is -0.481 e. The number of carbonyl (C=O) groups is 1. The fraction of sp³-hybridized carbons (Fsp3) is 0.385. The predicted molar refractivity (Wildman–Crippen MR) is 73.2 cm³/mol. The molecular formula is C13H16N2O4S. The largest absolute Gasteiger partial charge is 0.481 e. The Labute approximate surface area is 118 Å². The van der Waals surface area contributed by atoms with Gasteiger partial charge in [-0.1, -0.05) is 12.1 Å². The first-order valence-corrected chi connectivity index (χ1v) is 7.51. The molecular weight excluding hydrogens is 280 g/mol. The number of nitriles is 1. The summed E-state index contributed by atoms with van der Waals surface area (Å²) in [5, 5.41) is 17.7. The topological polar surface area (TPSA) is 107 Å². The summed E-state index contributed by atoms with van der Waals surface area (Å²) in [6, 6.07) is 8.20. The van der Waals surface area contributed by atoms with E-state index in [0.29, 0.717) is 11.1 Å². The summed E-state index contributed by atoms with van der Waals surface area (Å²) in [5.41, 5.74) is -0.324. The highest BCUT2D eigenvalue weighted by Crippen LogP contribution is 2.15. The Kier molecular flexibility index (Phi) is 4.87. The number of rotatable bonds is 6. The van der Waals surface area contributed by atoms with Gasteiger partial charge in [0.05, 0.1) is 22.8 Å². The van der Waals surface area contributed by atoms with Crippen LogP contribution in [0.4, 0.5) is 0 Å².